The maximum absolute atomic E-state index is 11.3. The first-order valence-corrected chi connectivity index (χ1v) is 6.55. The van der Waals surface area contributed by atoms with Crippen LogP contribution in [0.3, 0.4) is 0 Å². The van der Waals surface area contributed by atoms with Crippen LogP contribution in [-0.2, 0) is 0 Å². The number of nitro benzene ring substituents is 1. The van der Waals surface area contributed by atoms with Gasteiger partial charge in [0.05, 0.1) is 21.6 Å². The van der Waals surface area contributed by atoms with Crippen LogP contribution in [0.2, 0.25) is 0 Å². The topological polar surface area (TPSA) is 79.5 Å². The van der Waals surface area contributed by atoms with Crippen molar-refractivity contribution in [2.24, 2.45) is 0 Å². The van der Waals surface area contributed by atoms with Gasteiger partial charge < -0.3 is 0 Å². The van der Waals surface area contributed by atoms with Crippen molar-refractivity contribution in [3.63, 3.8) is 0 Å². The second-order valence-corrected chi connectivity index (χ2v) is 4.62. The van der Waals surface area contributed by atoms with Crippen molar-refractivity contribution in [1.82, 2.24) is 4.98 Å². The molecule has 22 heavy (non-hydrogen) atoms. The molecule has 0 unspecified atom stereocenters. The van der Waals surface area contributed by atoms with E-state index < -0.39 is 4.92 Å². The van der Waals surface area contributed by atoms with Gasteiger partial charge in [-0.2, -0.15) is 0 Å². The molecule has 1 heterocycles. The Bertz CT molecular complexity index is 854. The van der Waals surface area contributed by atoms with Crippen LogP contribution < -0.4 is 5.06 Å². The van der Waals surface area contributed by atoms with Gasteiger partial charge in [0.2, 0.25) is 0 Å². The zero-order valence-corrected chi connectivity index (χ0v) is 12.6. The van der Waals surface area contributed by atoms with Crippen LogP contribution in [0.25, 0.3) is 21.8 Å². The molecule has 0 aliphatic rings. The Hall–Kier alpha value is -2.44. The fourth-order valence-corrected chi connectivity index (χ4v) is 2.48. The first kappa shape index (κ1) is 15.9. The summed E-state index contributed by atoms with van der Waals surface area (Å²) in [4.78, 5) is 15.3. The molecule has 7 heteroatoms. The van der Waals surface area contributed by atoms with E-state index in [4.69, 9.17) is 0 Å². The SMILES string of the molecule is CCN(O)c1c2ccccc2nc2cccc([N+](=O)[O-])c12.Cl. The van der Waals surface area contributed by atoms with E-state index in [-0.39, 0.29) is 18.1 Å². The van der Waals surface area contributed by atoms with Gasteiger partial charge in [-0.1, -0.05) is 24.3 Å². The molecule has 3 rings (SSSR count). The van der Waals surface area contributed by atoms with Crippen molar-refractivity contribution < 1.29 is 10.1 Å². The van der Waals surface area contributed by atoms with Gasteiger partial charge in [0.25, 0.3) is 5.69 Å². The highest BCUT2D eigenvalue weighted by Crippen LogP contribution is 2.38. The lowest BCUT2D eigenvalue weighted by molar-refractivity contribution is -0.383. The van der Waals surface area contributed by atoms with E-state index >= 15 is 0 Å². The minimum absolute atomic E-state index is 0. The molecule has 0 aliphatic carbocycles. The molecule has 3 aromatic rings. The number of hydroxylamine groups is 1. The Labute approximate surface area is 132 Å². The molecule has 0 atom stereocenters. The normalized spacial score (nSPS) is 10.5. The molecule has 1 N–H and O–H groups in total. The maximum Gasteiger partial charge on any atom is 0.280 e. The average molecular weight is 320 g/mol. The summed E-state index contributed by atoms with van der Waals surface area (Å²) in [7, 11) is 0. The van der Waals surface area contributed by atoms with Gasteiger partial charge >= 0.3 is 0 Å². The van der Waals surface area contributed by atoms with E-state index in [1.165, 1.54) is 6.07 Å². The molecule has 0 radical (unpaired) electrons. The van der Waals surface area contributed by atoms with Crippen LogP contribution in [0.4, 0.5) is 11.4 Å². The summed E-state index contributed by atoms with van der Waals surface area (Å²) in [6.45, 7) is 2.09. The van der Waals surface area contributed by atoms with Crippen molar-refractivity contribution in [2.75, 3.05) is 11.6 Å². The summed E-state index contributed by atoms with van der Waals surface area (Å²) >= 11 is 0. The first-order valence-electron chi connectivity index (χ1n) is 6.55. The number of nitrogens with zero attached hydrogens (tertiary/aromatic N) is 3. The number of para-hydroxylation sites is 1. The highest BCUT2D eigenvalue weighted by molar-refractivity contribution is 6.11. The van der Waals surface area contributed by atoms with Crippen molar-refractivity contribution in [2.45, 2.75) is 6.92 Å². The summed E-state index contributed by atoms with van der Waals surface area (Å²) in [5, 5.41) is 23.6. The first-order chi connectivity index (χ1) is 10.1. The van der Waals surface area contributed by atoms with Crippen molar-refractivity contribution >= 4 is 45.6 Å². The third kappa shape index (κ3) is 2.43. The number of hydrogen-bond acceptors (Lipinski definition) is 5. The Morgan fingerprint density at radius 1 is 1.18 bits per heavy atom. The molecule has 1 aromatic heterocycles. The third-order valence-electron chi connectivity index (χ3n) is 3.41. The van der Waals surface area contributed by atoms with Crippen LogP contribution in [0.5, 0.6) is 0 Å². The minimum atomic E-state index is -0.453. The van der Waals surface area contributed by atoms with Crippen LogP contribution in [0.15, 0.2) is 42.5 Å². The number of anilines is 1. The highest BCUT2D eigenvalue weighted by Gasteiger charge is 2.21. The monoisotopic (exact) mass is 319 g/mol. The molecule has 0 aliphatic heterocycles. The number of rotatable bonds is 3. The fourth-order valence-electron chi connectivity index (χ4n) is 2.48. The number of nitro groups is 1. The summed E-state index contributed by atoms with van der Waals surface area (Å²) in [6, 6.07) is 12.0. The molecule has 0 fully saturated rings. The Kier molecular flexibility index (Phi) is 4.44. The molecular weight excluding hydrogens is 306 g/mol. The van der Waals surface area contributed by atoms with Crippen molar-refractivity contribution in [3.05, 3.63) is 52.6 Å². The predicted molar refractivity (Wildman–Crippen MR) is 88.0 cm³/mol. The summed E-state index contributed by atoms with van der Waals surface area (Å²) < 4.78 is 0. The quantitative estimate of drug-likeness (QED) is 0.449. The standard InChI is InChI=1S/C15H13N3O3.ClH/c1-2-17(19)15-10-6-3-4-7-11(10)16-12-8-5-9-13(14(12)15)18(20)21;/h3-9,19H,2H2,1H3;1H. The van der Waals surface area contributed by atoms with Crippen molar-refractivity contribution in [3.8, 4) is 0 Å². The number of fused-ring (bicyclic) bond motifs is 2. The Morgan fingerprint density at radius 2 is 1.86 bits per heavy atom. The Morgan fingerprint density at radius 3 is 2.55 bits per heavy atom. The lowest BCUT2D eigenvalue weighted by Crippen LogP contribution is -2.18. The van der Waals surface area contributed by atoms with Gasteiger partial charge in [0.15, 0.2) is 0 Å². The number of benzene rings is 2. The molecule has 0 saturated carbocycles. The van der Waals surface area contributed by atoms with E-state index in [1.54, 1.807) is 25.1 Å². The molecule has 0 bridgehead atoms. The number of halogens is 1. The van der Waals surface area contributed by atoms with Crippen LogP contribution in [-0.4, -0.2) is 21.7 Å². The summed E-state index contributed by atoms with van der Waals surface area (Å²) in [5.41, 5.74) is 1.54. The molecule has 2 aromatic carbocycles. The largest absolute Gasteiger partial charge is 0.288 e. The Balaban J connectivity index is 0.00000176. The number of pyridine rings is 1. The lowest BCUT2D eigenvalue weighted by atomic mass is 10.1. The molecule has 0 saturated heterocycles. The predicted octanol–water partition coefficient (Wildman–Crippen LogP) is 3.93. The lowest BCUT2D eigenvalue weighted by Gasteiger charge is -2.19. The number of non-ortho nitro benzene ring substituents is 1. The molecule has 6 nitrogen and oxygen atoms in total. The molecule has 114 valence electrons. The highest BCUT2D eigenvalue weighted by atomic mass is 35.5. The van der Waals surface area contributed by atoms with E-state index in [2.05, 4.69) is 4.98 Å². The van der Waals surface area contributed by atoms with Crippen molar-refractivity contribution in [1.29, 1.82) is 0 Å². The summed E-state index contributed by atoms with van der Waals surface area (Å²) in [6.07, 6.45) is 0. The molecule has 0 amide bonds. The van der Waals surface area contributed by atoms with Crippen LogP contribution >= 0.6 is 12.4 Å². The summed E-state index contributed by atoms with van der Waals surface area (Å²) in [5.74, 6) is 0. The maximum atomic E-state index is 11.3. The third-order valence-corrected chi connectivity index (χ3v) is 3.41. The van der Waals surface area contributed by atoms with E-state index in [0.29, 0.717) is 34.0 Å². The van der Waals surface area contributed by atoms with Gasteiger partial charge in [-0.15, -0.1) is 12.4 Å². The smallest absolute Gasteiger partial charge is 0.280 e. The zero-order chi connectivity index (χ0) is 15.0. The van der Waals surface area contributed by atoms with E-state index in [9.17, 15) is 15.3 Å². The fraction of sp³-hybridized carbons (Fsp3) is 0.133. The second kappa shape index (κ2) is 6.13. The average Bonchev–Trinajstić information content (AvgIpc) is 2.51. The van der Waals surface area contributed by atoms with E-state index in [1.807, 2.05) is 18.2 Å². The number of hydrogen-bond donors (Lipinski definition) is 1. The van der Waals surface area contributed by atoms with Crippen LogP contribution in [0, 0.1) is 10.1 Å². The van der Waals surface area contributed by atoms with Gasteiger partial charge in [-0.05, 0) is 19.1 Å². The number of aromatic nitrogens is 1. The van der Waals surface area contributed by atoms with Crippen LogP contribution in [0.1, 0.15) is 6.92 Å². The van der Waals surface area contributed by atoms with Gasteiger partial charge in [0, 0.05) is 18.0 Å². The zero-order valence-electron chi connectivity index (χ0n) is 11.8. The van der Waals surface area contributed by atoms with Gasteiger partial charge in [-0.3, -0.25) is 20.4 Å². The van der Waals surface area contributed by atoms with Gasteiger partial charge in [-0.25, -0.2) is 4.98 Å². The second-order valence-electron chi connectivity index (χ2n) is 4.62. The minimum Gasteiger partial charge on any atom is -0.288 e. The van der Waals surface area contributed by atoms with Gasteiger partial charge in [0.1, 0.15) is 5.39 Å². The molecular formula is C15H14ClN3O3. The molecule has 0 spiro atoms. The van der Waals surface area contributed by atoms with E-state index in [0.717, 1.165) is 5.06 Å².